The SMILES string of the molecule is O=C(NCCCOCCCl)c1cc(I)ccc1O. The Kier molecular flexibility index (Phi) is 7.38. The summed E-state index contributed by atoms with van der Waals surface area (Å²) in [6.07, 6.45) is 0.716. The largest absolute Gasteiger partial charge is 0.507 e. The lowest BCUT2D eigenvalue weighted by Crippen LogP contribution is -2.25. The molecule has 1 rings (SSSR count). The summed E-state index contributed by atoms with van der Waals surface area (Å²) in [6.45, 7) is 1.59. The molecular weight excluding hydrogens is 368 g/mol. The maximum absolute atomic E-state index is 11.8. The normalized spacial score (nSPS) is 10.3. The molecule has 0 saturated heterocycles. The van der Waals surface area contributed by atoms with Gasteiger partial charge in [-0.25, -0.2) is 0 Å². The van der Waals surface area contributed by atoms with Crippen molar-refractivity contribution in [2.75, 3.05) is 25.6 Å². The van der Waals surface area contributed by atoms with E-state index >= 15 is 0 Å². The molecule has 6 heteroatoms. The summed E-state index contributed by atoms with van der Waals surface area (Å²) in [4.78, 5) is 11.8. The van der Waals surface area contributed by atoms with E-state index in [2.05, 4.69) is 27.9 Å². The second-order valence-corrected chi connectivity index (χ2v) is 5.20. The molecule has 1 aromatic rings. The van der Waals surface area contributed by atoms with Gasteiger partial charge in [0, 0.05) is 22.6 Å². The highest BCUT2D eigenvalue weighted by atomic mass is 127. The fourth-order valence-electron chi connectivity index (χ4n) is 1.32. The van der Waals surface area contributed by atoms with Gasteiger partial charge < -0.3 is 15.2 Å². The summed E-state index contributed by atoms with van der Waals surface area (Å²) >= 11 is 7.55. The Hall–Kier alpha value is -0.530. The first-order valence-electron chi connectivity index (χ1n) is 5.55. The third-order valence-corrected chi connectivity index (χ3v) is 3.00. The number of halogens is 2. The number of carbonyl (C=O) groups excluding carboxylic acids is 1. The number of amides is 1. The summed E-state index contributed by atoms with van der Waals surface area (Å²) in [5.41, 5.74) is 0.295. The van der Waals surface area contributed by atoms with E-state index in [1.807, 2.05) is 0 Å². The van der Waals surface area contributed by atoms with E-state index in [9.17, 15) is 9.90 Å². The zero-order chi connectivity index (χ0) is 13.4. The number of aromatic hydroxyl groups is 1. The molecule has 0 bridgehead atoms. The smallest absolute Gasteiger partial charge is 0.255 e. The maximum atomic E-state index is 11.8. The van der Waals surface area contributed by atoms with Crippen LogP contribution in [0.5, 0.6) is 5.75 Å². The molecule has 0 aliphatic carbocycles. The van der Waals surface area contributed by atoms with Gasteiger partial charge in [0.25, 0.3) is 5.91 Å². The van der Waals surface area contributed by atoms with Crippen molar-refractivity contribution in [3.05, 3.63) is 27.3 Å². The summed E-state index contributed by atoms with van der Waals surface area (Å²) in [5.74, 6) is 0.192. The average molecular weight is 384 g/mol. The van der Waals surface area contributed by atoms with E-state index < -0.39 is 0 Å². The molecule has 0 unspecified atom stereocenters. The van der Waals surface area contributed by atoms with Crippen molar-refractivity contribution in [2.24, 2.45) is 0 Å². The van der Waals surface area contributed by atoms with Crippen molar-refractivity contribution >= 4 is 40.1 Å². The van der Waals surface area contributed by atoms with Crippen molar-refractivity contribution in [3.63, 3.8) is 0 Å². The van der Waals surface area contributed by atoms with E-state index in [1.165, 1.54) is 6.07 Å². The van der Waals surface area contributed by atoms with Crippen LogP contribution in [0.4, 0.5) is 0 Å². The predicted octanol–water partition coefficient (Wildman–Crippen LogP) is 2.37. The molecule has 0 fully saturated rings. The first-order chi connectivity index (χ1) is 8.65. The van der Waals surface area contributed by atoms with Gasteiger partial charge in [-0.3, -0.25) is 4.79 Å². The van der Waals surface area contributed by atoms with Crippen molar-refractivity contribution in [1.82, 2.24) is 5.32 Å². The van der Waals surface area contributed by atoms with Crippen molar-refractivity contribution in [3.8, 4) is 5.75 Å². The summed E-state index contributed by atoms with van der Waals surface area (Å²) in [5, 5.41) is 12.3. The third kappa shape index (κ3) is 5.41. The lowest BCUT2D eigenvalue weighted by Gasteiger charge is -2.07. The number of hydrogen-bond donors (Lipinski definition) is 2. The zero-order valence-electron chi connectivity index (χ0n) is 9.79. The highest BCUT2D eigenvalue weighted by Crippen LogP contribution is 2.19. The van der Waals surface area contributed by atoms with Gasteiger partial charge in [0.15, 0.2) is 0 Å². The molecule has 18 heavy (non-hydrogen) atoms. The number of phenols is 1. The van der Waals surface area contributed by atoms with Crippen LogP contribution in [0, 0.1) is 3.57 Å². The van der Waals surface area contributed by atoms with E-state index in [1.54, 1.807) is 12.1 Å². The molecular formula is C12H15ClINO3. The molecule has 100 valence electrons. The Labute approximate surface area is 125 Å². The van der Waals surface area contributed by atoms with E-state index in [0.29, 0.717) is 37.6 Å². The number of rotatable bonds is 7. The topological polar surface area (TPSA) is 58.6 Å². The van der Waals surface area contributed by atoms with Gasteiger partial charge >= 0.3 is 0 Å². The minimum atomic E-state index is -0.275. The quantitative estimate of drug-likeness (QED) is 0.432. The van der Waals surface area contributed by atoms with E-state index in [-0.39, 0.29) is 11.7 Å². The standard InChI is InChI=1S/C12H15ClINO3/c13-4-7-18-6-1-5-15-12(17)10-8-9(14)2-3-11(10)16/h2-3,8,16H,1,4-7H2,(H,15,17). The summed E-state index contributed by atoms with van der Waals surface area (Å²) in [7, 11) is 0. The monoisotopic (exact) mass is 383 g/mol. The van der Waals surface area contributed by atoms with Gasteiger partial charge in [0.2, 0.25) is 0 Å². The highest BCUT2D eigenvalue weighted by molar-refractivity contribution is 14.1. The number of carbonyl (C=O) groups is 1. The van der Waals surface area contributed by atoms with Crippen LogP contribution in [0.15, 0.2) is 18.2 Å². The van der Waals surface area contributed by atoms with Crippen molar-refractivity contribution < 1.29 is 14.6 Å². The molecule has 0 aliphatic heterocycles. The summed E-state index contributed by atoms with van der Waals surface area (Å²) in [6, 6.07) is 4.90. The molecule has 2 N–H and O–H groups in total. The molecule has 0 aliphatic rings. The fraction of sp³-hybridized carbons (Fsp3) is 0.417. The van der Waals surface area contributed by atoms with Crippen LogP contribution in [-0.4, -0.2) is 36.7 Å². The Morgan fingerprint density at radius 3 is 2.94 bits per heavy atom. The van der Waals surface area contributed by atoms with Crippen LogP contribution in [0.25, 0.3) is 0 Å². The first kappa shape index (κ1) is 15.5. The minimum Gasteiger partial charge on any atom is -0.507 e. The second-order valence-electron chi connectivity index (χ2n) is 3.57. The summed E-state index contributed by atoms with van der Waals surface area (Å²) < 4.78 is 6.08. The molecule has 0 aromatic heterocycles. The molecule has 4 nitrogen and oxygen atoms in total. The lowest BCUT2D eigenvalue weighted by atomic mass is 10.2. The molecule has 0 spiro atoms. The van der Waals surface area contributed by atoms with Crippen LogP contribution < -0.4 is 5.32 Å². The Morgan fingerprint density at radius 2 is 2.22 bits per heavy atom. The fourth-order valence-corrected chi connectivity index (χ4v) is 1.92. The first-order valence-corrected chi connectivity index (χ1v) is 7.17. The maximum Gasteiger partial charge on any atom is 0.255 e. The van der Waals surface area contributed by atoms with Gasteiger partial charge in [0.1, 0.15) is 5.75 Å². The van der Waals surface area contributed by atoms with E-state index in [4.69, 9.17) is 16.3 Å². The Morgan fingerprint density at radius 1 is 1.44 bits per heavy atom. The van der Waals surface area contributed by atoms with Gasteiger partial charge in [-0.1, -0.05) is 0 Å². The molecule has 0 heterocycles. The molecule has 1 aromatic carbocycles. The Balaban J connectivity index is 2.34. The average Bonchev–Trinajstić information content (AvgIpc) is 2.36. The van der Waals surface area contributed by atoms with Crippen LogP contribution in [0.3, 0.4) is 0 Å². The Bertz CT molecular complexity index is 401. The van der Waals surface area contributed by atoms with Crippen molar-refractivity contribution in [2.45, 2.75) is 6.42 Å². The molecule has 1 amide bonds. The number of alkyl halides is 1. The van der Waals surface area contributed by atoms with Gasteiger partial charge in [-0.2, -0.15) is 0 Å². The third-order valence-electron chi connectivity index (χ3n) is 2.18. The van der Waals surface area contributed by atoms with Crippen LogP contribution >= 0.6 is 34.2 Å². The number of benzene rings is 1. The van der Waals surface area contributed by atoms with Crippen LogP contribution in [-0.2, 0) is 4.74 Å². The molecule has 0 atom stereocenters. The van der Waals surface area contributed by atoms with Crippen LogP contribution in [0.2, 0.25) is 0 Å². The number of phenolic OH excluding ortho intramolecular Hbond substituents is 1. The van der Waals surface area contributed by atoms with E-state index in [0.717, 1.165) is 3.57 Å². The van der Waals surface area contributed by atoms with Gasteiger partial charge in [-0.15, -0.1) is 11.6 Å². The van der Waals surface area contributed by atoms with Gasteiger partial charge in [0.05, 0.1) is 12.2 Å². The number of nitrogens with one attached hydrogen (secondary N) is 1. The lowest BCUT2D eigenvalue weighted by molar-refractivity contribution is 0.0942. The van der Waals surface area contributed by atoms with Crippen molar-refractivity contribution in [1.29, 1.82) is 0 Å². The number of ether oxygens (including phenoxy) is 1. The molecule has 0 radical (unpaired) electrons. The predicted molar refractivity (Wildman–Crippen MR) is 79.3 cm³/mol. The number of hydrogen-bond acceptors (Lipinski definition) is 3. The van der Waals surface area contributed by atoms with Crippen LogP contribution in [0.1, 0.15) is 16.8 Å². The zero-order valence-corrected chi connectivity index (χ0v) is 12.7. The van der Waals surface area contributed by atoms with Gasteiger partial charge in [-0.05, 0) is 47.2 Å². The highest BCUT2D eigenvalue weighted by Gasteiger charge is 2.10. The minimum absolute atomic E-state index is 0.00805. The second kappa shape index (κ2) is 8.55. The molecule has 0 saturated carbocycles.